The Kier molecular flexibility index (Phi) is 2.60. The van der Waals surface area contributed by atoms with Crippen LogP contribution in [0.15, 0.2) is 65.4 Å². The van der Waals surface area contributed by atoms with Gasteiger partial charge in [0, 0.05) is 33.6 Å². The van der Waals surface area contributed by atoms with Crippen molar-refractivity contribution in [1.82, 2.24) is 9.97 Å². The Balaban J connectivity index is 2.13. The zero-order chi connectivity index (χ0) is 13.5. The topological polar surface area (TPSA) is 28.7 Å². The molecule has 4 aromatic rings. The lowest BCUT2D eigenvalue weighted by atomic mass is 10.0. The Morgan fingerprint density at radius 1 is 0.800 bits per heavy atom. The third-order valence-electron chi connectivity index (χ3n) is 3.59. The highest BCUT2D eigenvalue weighted by atomic mass is 79.9. The minimum atomic E-state index is 0.867. The van der Waals surface area contributed by atoms with Gasteiger partial charge < -0.3 is 4.98 Å². The van der Waals surface area contributed by atoms with Gasteiger partial charge in [-0.25, -0.2) is 4.98 Å². The maximum Gasteiger partial charge on any atom is 0.113 e. The second-order valence-corrected chi connectivity index (χ2v) is 5.49. The largest absolute Gasteiger partial charge is 0.354 e. The Morgan fingerprint density at radius 3 is 2.50 bits per heavy atom. The first-order chi connectivity index (χ1) is 9.84. The fraction of sp³-hybridized carbons (Fsp3) is 0. The third-order valence-corrected chi connectivity index (χ3v) is 4.22. The summed E-state index contributed by atoms with van der Waals surface area (Å²) >= 11 is 3.54. The number of aromatic amines is 1. The maximum atomic E-state index is 4.32. The molecule has 0 radical (unpaired) electrons. The molecule has 0 amide bonds. The van der Waals surface area contributed by atoms with Crippen LogP contribution in [0.2, 0.25) is 0 Å². The average Bonchev–Trinajstić information content (AvgIpc) is 2.86. The summed E-state index contributed by atoms with van der Waals surface area (Å²) in [5, 5.41) is 2.50. The van der Waals surface area contributed by atoms with E-state index in [-0.39, 0.29) is 0 Å². The lowest BCUT2D eigenvalue weighted by Gasteiger charge is -2.05. The van der Waals surface area contributed by atoms with Crippen LogP contribution < -0.4 is 0 Å². The molecule has 4 rings (SSSR count). The summed E-state index contributed by atoms with van der Waals surface area (Å²) in [6.45, 7) is 0. The molecule has 2 heterocycles. The predicted octanol–water partition coefficient (Wildman–Crippen LogP) is 5.15. The van der Waals surface area contributed by atoms with Gasteiger partial charge in [-0.05, 0) is 28.1 Å². The molecular formula is C17H11BrN2. The fourth-order valence-electron chi connectivity index (χ4n) is 2.68. The zero-order valence-corrected chi connectivity index (χ0v) is 12.2. The first kappa shape index (κ1) is 11.7. The molecule has 0 aliphatic heterocycles. The maximum absolute atomic E-state index is 4.32. The smallest absolute Gasteiger partial charge is 0.113 e. The molecule has 0 bridgehead atoms. The minimum absolute atomic E-state index is 0.867. The molecule has 2 nitrogen and oxygen atoms in total. The quantitative estimate of drug-likeness (QED) is 0.482. The Labute approximate surface area is 124 Å². The summed E-state index contributed by atoms with van der Waals surface area (Å²) < 4.78 is 0.867. The first-order valence-electron chi connectivity index (χ1n) is 6.45. The number of aromatic nitrogens is 2. The van der Waals surface area contributed by atoms with E-state index in [0.717, 1.165) is 21.2 Å². The lowest BCUT2D eigenvalue weighted by Crippen LogP contribution is -1.84. The average molecular weight is 323 g/mol. The Bertz CT molecular complexity index is 924. The highest BCUT2D eigenvalue weighted by molar-refractivity contribution is 9.10. The molecule has 0 spiro atoms. The summed E-state index contributed by atoms with van der Waals surface area (Å²) in [6.07, 6.45) is 1.79. The third kappa shape index (κ3) is 1.67. The molecule has 20 heavy (non-hydrogen) atoms. The summed E-state index contributed by atoms with van der Waals surface area (Å²) in [5.74, 6) is 0. The van der Waals surface area contributed by atoms with E-state index in [4.69, 9.17) is 0 Å². The van der Waals surface area contributed by atoms with Gasteiger partial charge in [0.05, 0.1) is 5.52 Å². The van der Waals surface area contributed by atoms with E-state index < -0.39 is 0 Å². The van der Waals surface area contributed by atoms with Crippen LogP contribution in [0.5, 0.6) is 0 Å². The number of rotatable bonds is 1. The van der Waals surface area contributed by atoms with Gasteiger partial charge in [0.25, 0.3) is 0 Å². The number of fused-ring (bicyclic) bond motifs is 3. The zero-order valence-electron chi connectivity index (χ0n) is 10.6. The molecule has 0 atom stereocenters. The lowest BCUT2D eigenvalue weighted by molar-refractivity contribution is 1.28. The van der Waals surface area contributed by atoms with Crippen LogP contribution in [0.3, 0.4) is 0 Å². The summed E-state index contributed by atoms with van der Waals surface area (Å²) in [5.41, 5.74) is 4.58. The number of halogens is 1. The van der Waals surface area contributed by atoms with Crippen LogP contribution >= 0.6 is 15.9 Å². The van der Waals surface area contributed by atoms with Gasteiger partial charge in [-0.15, -0.1) is 0 Å². The van der Waals surface area contributed by atoms with E-state index in [1.165, 1.54) is 16.3 Å². The molecule has 3 heteroatoms. The van der Waals surface area contributed by atoms with Crippen molar-refractivity contribution in [2.45, 2.75) is 0 Å². The Hall–Kier alpha value is -2.13. The molecule has 2 aromatic carbocycles. The second kappa shape index (κ2) is 4.46. The van der Waals surface area contributed by atoms with Crippen molar-refractivity contribution in [3.8, 4) is 11.1 Å². The van der Waals surface area contributed by atoms with Gasteiger partial charge in [-0.1, -0.05) is 42.5 Å². The monoisotopic (exact) mass is 322 g/mol. The predicted molar refractivity (Wildman–Crippen MR) is 86.7 cm³/mol. The minimum Gasteiger partial charge on any atom is -0.354 e. The molecule has 0 fully saturated rings. The molecule has 2 aromatic heterocycles. The molecule has 0 saturated heterocycles. The summed E-state index contributed by atoms with van der Waals surface area (Å²) in [4.78, 5) is 7.84. The number of hydrogen-bond donors (Lipinski definition) is 1. The van der Waals surface area contributed by atoms with E-state index in [0.29, 0.717) is 0 Å². The number of pyridine rings is 1. The molecule has 96 valence electrons. The molecular weight excluding hydrogens is 312 g/mol. The van der Waals surface area contributed by atoms with Crippen LogP contribution in [-0.2, 0) is 0 Å². The molecule has 0 saturated carbocycles. The van der Waals surface area contributed by atoms with Crippen molar-refractivity contribution in [3.05, 3.63) is 65.4 Å². The van der Waals surface area contributed by atoms with E-state index >= 15 is 0 Å². The van der Waals surface area contributed by atoms with Gasteiger partial charge in [0.15, 0.2) is 0 Å². The van der Waals surface area contributed by atoms with Crippen LogP contribution in [-0.4, -0.2) is 9.97 Å². The van der Waals surface area contributed by atoms with E-state index in [9.17, 15) is 0 Å². The normalized spacial score (nSPS) is 11.2. The molecule has 0 aliphatic carbocycles. The SMILES string of the molecule is Brc1ncccc1-c1cccc2c1[nH]c1ccccc12. The van der Waals surface area contributed by atoms with E-state index in [1.54, 1.807) is 6.20 Å². The van der Waals surface area contributed by atoms with Crippen LogP contribution in [0.1, 0.15) is 0 Å². The number of H-pyrrole nitrogens is 1. The fourth-order valence-corrected chi connectivity index (χ4v) is 3.15. The number of nitrogens with one attached hydrogen (secondary N) is 1. The van der Waals surface area contributed by atoms with Crippen molar-refractivity contribution in [2.24, 2.45) is 0 Å². The number of hydrogen-bond acceptors (Lipinski definition) is 1. The van der Waals surface area contributed by atoms with Crippen molar-refractivity contribution in [3.63, 3.8) is 0 Å². The van der Waals surface area contributed by atoms with Gasteiger partial charge in [-0.3, -0.25) is 0 Å². The number of benzene rings is 2. The molecule has 0 unspecified atom stereocenters. The van der Waals surface area contributed by atoms with Crippen LogP contribution in [0.25, 0.3) is 32.9 Å². The number of para-hydroxylation sites is 2. The van der Waals surface area contributed by atoms with Crippen molar-refractivity contribution in [1.29, 1.82) is 0 Å². The highest BCUT2D eigenvalue weighted by Crippen LogP contribution is 2.35. The Morgan fingerprint density at radius 2 is 1.60 bits per heavy atom. The highest BCUT2D eigenvalue weighted by Gasteiger charge is 2.11. The standard InChI is InChI=1S/C17H11BrN2/c18-17-14(8-4-10-19-17)13-7-3-6-12-11-5-1-2-9-15(11)20-16(12)13/h1-10,20H. The van der Waals surface area contributed by atoms with Gasteiger partial charge in [0.2, 0.25) is 0 Å². The van der Waals surface area contributed by atoms with Crippen molar-refractivity contribution >= 4 is 37.7 Å². The first-order valence-corrected chi connectivity index (χ1v) is 7.24. The summed E-state index contributed by atoms with van der Waals surface area (Å²) in [7, 11) is 0. The van der Waals surface area contributed by atoms with Gasteiger partial charge in [0.1, 0.15) is 4.60 Å². The van der Waals surface area contributed by atoms with E-state index in [1.807, 2.05) is 6.07 Å². The second-order valence-electron chi connectivity index (χ2n) is 4.74. The van der Waals surface area contributed by atoms with Gasteiger partial charge in [-0.2, -0.15) is 0 Å². The molecule has 0 aliphatic rings. The van der Waals surface area contributed by atoms with Crippen molar-refractivity contribution in [2.75, 3.05) is 0 Å². The summed E-state index contributed by atoms with van der Waals surface area (Å²) in [6, 6.07) is 18.8. The van der Waals surface area contributed by atoms with Crippen LogP contribution in [0, 0.1) is 0 Å². The van der Waals surface area contributed by atoms with Crippen LogP contribution in [0.4, 0.5) is 0 Å². The van der Waals surface area contributed by atoms with Crippen molar-refractivity contribution < 1.29 is 0 Å². The van der Waals surface area contributed by atoms with Gasteiger partial charge >= 0.3 is 0 Å². The molecule has 1 N–H and O–H groups in total. The van der Waals surface area contributed by atoms with E-state index in [2.05, 4.69) is 74.4 Å². The number of nitrogens with zero attached hydrogens (tertiary/aromatic N) is 1.